The first-order chi connectivity index (χ1) is 17.1. The van der Waals surface area contributed by atoms with Crippen LogP contribution < -0.4 is 0 Å². The van der Waals surface area contributed by atoms with Gasteiger partial charge in [-0.15, -0.1) is 0 Å². The largest absolute Gasteiger partial charge is 0.347 e. The van der Waals surface area contributed by atoms with Crippen molar-refractivity contribution >= 4 is 28.4 Å². The summed E-state index contributed by atoms with van der Waals surface area (Å²) in [6.07, 6.45) is 2.66. The van der Waals surface area contributed by atoms with Crippen molar-refractivity contribution in [3.8, 4) is 0 Å². The van der Waals surface area contributed by atoms with Crippen molar-refractivity contribution in [2.45, 2.75) is 32.4 Å². The molecule has 5 rings (SSSR count). The van der Waals surface area contributed by atoms with Gasteiger partial charge in [0.25, 0.3) is 0 Å². The number of amides is 1. The fraction of sp³-hybridized carbons (Fsp3) is 0.300. The van der Waals surface area contributed by atoms with Crippen molar-refractivity contribution in [1.29, 1.82) is 0 Å². The van der Waals surface area contributed by atoms with E-state index < -0.39 is 0 Å². The summed E-state index contributed by atoms with van der Waals surface area (Å²) in [6, 6.07) is 27.0. The highest BCUT2D eigenvalue weighted by molar-refractivity contribution is 6.30. The van der Waals surface area contributed by atoms with Gasteiger partial charge in [-0.25, -0.2) is 0 Å². The normalized spacial score (nSPS) is 15.4. The maximum Gasteiger partial charge on any atom is 0.223 e. The van der Waals surface area contributed by atoms with Crippen LogP contribution in [0.1, 0.15) is 36.0 Å². The summed E-state index contributed by atoms with van der Waals surface area (Å²) in [4.78, 5) is 18.1. The Morgan fingerprint density at radius 1 is 0.914 bits per heavy atom. The maximum atomic E-state index is 13.6. The Morgan fingerprint density at radius 2 is 1.66 bits per heavy atom. The predicted octanol–water partition coefficient (Wildman–Crippen LogP) is 6.18. The Labute approximate surface area is 212 Å². The number of aromatic nitrogens is 1. The van der Waals surface area contributed by atoms with Gasteiger partial charge in [-0.05, 0) is 41.8 Å². The third-order valence-electron chi connectivity index (χ3n) is 7.14. The molecule has 1 atom stereocenters. The van der Waals surface area contributed by atoms with Crippen molar-refractivity contribution in [1.82, 2.24) is 14.4 Å². The van der Waals surface area contributed by atoms with Crippen LogP contribution in [-0.4, -0.2) is 46.5 Å². The van der Waals surface area contributed by atoms with Crippen molar-refractivity contribution < 1.29 is 4.79 Å². The lowest BCUT2D eigenvalue weighted by Crippen LogP contribution is -2.48. The van der Waals surface area contributed by atoms with Gasteiger partial charge in [0.1, 0.15) is 0 Å². The molecule has 180 valence electrons. The summed E-state index contributed by atoms with van der Waals surface area (Å²) in [5.74, 6) is 0.170. The van der Waals surface area contributed by atoms with Gasteiger partial charge in [0, 0.05) is 73.7 Å². The van der Waals surface area contributed by atoms with Crippen LogP contribution in [0.15, 0.2) is 85.1 Å². The molecule has 5 heteroatoms. The van der Waals surface area contributed by atoms with E-state index in [1.807, 2.05) is 29.2 Å². The number of para-hydroxylation sites is 1. The molecule has 4 nitrogen and oxygen atoms in total. The van der Waals surface area contributed by atoms with Crippen molar-refractivity contribution in [2.75, 3.05) is 26.2 Å². The second-order valence-electron chi connectivity index (χ2n) is 9.34. The Bertz CT molecular complexity index is 1290. The average Bonchev–Trinajstić information content (AvgIpc) is 3.27. The lowest BCUT2D eigenvalue weighted by molar-refractivity contribution is -0.133. The van der Waals surface area contributed by atoms with Gasteiger partial charge >= 0.3 is 0 Å². The van der Waals surface area contributed by atoms with Crippen molar-refractivity contribution in [3.05, 3.63) is 107 Å². The van der Waals surface area contributed by atoms with Gasteiger partial charge in [0.2, 0.25) is 5.91 Å². The van der Waals surface area contributed by atoms with Gasteiger partial charge < -0.3 is 9.47 Å². The van der Waals surface area contributed by atoms with Gasteiger partial charge in [0.15, 0.2) is 0 Å². The number of nitrogens with zero attached hydrogens (tertiary/aromatic N) is 3. The number of carbonyl (C=O) groups is 1. The molecule has 0 radical (unpaired) electrons. The van der Waals surface area contributed by atoms with Gasteiger partial charge in [-0.3, -0.25) is 9.69 Å². The van der Waals surface area contributed by atoms with Crippen LogP contribution in [0.5, 0.6) is 0 Å². The number of benzene rings is 3. The second kappa shape index (κ2) is 10.7. The first-order valence-electron chi connectivity index (χ1n) is 12.5. The third kappa shape index (κ3) is 5.29. The van der Waals surface area contributed by atoms with E-state index in [1.54, 1.807) is 0 Å². The molecule has 3 aromatic carbocycles. The van der Waals surface area contributed by atoms with E-state index in [0.29, 0.717) is 11.4 Å². The van der Waals surface area contributed by atoms with Crippen LogP contribution in [-0.2, 0) is 17.9 Å². The minimum atomic E-state index is -0.0405. The van der Waals surface area contributed by atoms with E-state index in [-0.39, 0.29) is 11.8 Å². The van der Waals surface area contributed by atoms with Crippen molar-refractivity contribution in [3.63, 3.8) is 0 Å². The molecule has 0 saturated carbocycles. The Balaban J connectivity index is 1.36. The molecule has 35 heavy (non-hydrogen) atoms. The minimum Gasteiger partial charge on any atom is -0.347 e. The molecule has 1 saturated heterocycles. The van der Waals surface area contributed by atoms with E-state index in [1.165, 1.54) is 22.0 Å². The minimum absolute atomic E-state index is 0.0405. The van der Waals surface area contributed by atoms with Crippen LogP contribution >= 0.6 is 11.6 Å². The third-order valence-corrected chi connectivity index (χ3v) is 7.37. The van der Waals surface area contributed by atoms with Crippen LogP contribution in [0, 0.1) is 0 Å². The summed E-state index contributed by atoms with van der Waals surface area (Å²) in [5.41, 5.74) is 4.81. The number of carbonyl (C=O) groups excluding carboxylic acids is 1. The summed E-state index contributed by atoms with van der Waals surface area (Å²) in [6.45, 7) is 7.32. The number of rotatable bonds is 7. The molecule has 2 heterocycles. The summed E-state index contributed by atoms with van der Waals surface area (Å²) < 4.78 is 2.27. The molecule has 0 spiro atoms. The molecule has 1 fully saturated rings. The van der Waals surface area contributed by atoms with Gasteiger partial charge in [0.05, 0.1) is 0 Å². The highest BCUT2D eigenvalue weighted by Crippen LogP contribution is 2.36. The molecule has 0 N–H and O–H groups in total. The zero-order chi connectivity index (χ0) is 24.2. The van der Waals surface area contributed by atoms with E-state index in [9.17, 15) is 4.79 Å². The van der Waals surface area contributed by atoms with Crippen molar-refractivity contribution in [2.24, 2.45) is 0 Å². The molecule has 0 aliphatic carbocycles. The van der Waals surface area contributed by atoms with Crippen LogP contribution in [0.3, 0.4) is 0 Å². The Hall–Kier alpha value is -3.08. The highest BCUT2D eigenvalue weighted by Gasteiger charge is 2.27. The van der Waals surface area contributed by atoms with E-state index in [4.69, 9.17) is 11.6 Å². The van der Waals surface area contributed by atoms with E-state index in [0.717, 1.165) is 44.8 Å². The quantitative estimate of drug-likeness (QED) is 0.312. The molecule has 0 bridgehead atoms. The Kier molecular flexibility index (Phi) is 7.21. The fourth-order valence-electron chi connectivity index (χ4n) is 5.25. The lowest BCUT2D eigenvalue weighted by Gasteiger charge is -2.35. The van der Waals surface area contributed by atoms with Crippen LogP contribution in [0.25, 0.3) is 10.9 Å². The topological polar surface area (TPSA) is 28.5 Å². The first-order valence-corrected chi connectivity index (χ1v) is 12.9. The second-order valence-corrected chi connectivity index (χ2v) is 9.78. The highest BCUT2D eigenvalue weighted by atomic mass is 35.5. The summed E-state index contributed by atoms with van der Waals surface area (Å²) in [7, 11) is 0. The summed E-state index contributed by atoms with van der Waals surface area (Å²) in [5, 5.41) is 1.91. The standard InChI is InChI=1S/C30H32ClN3O/c1-2-33-22-28(26-13-6-7-14-29(26)33)27(24-11-8-12-25(31)19-24)20-30(35)34-17-15-32(16-18-34)21-23-9-4-3-5-10-23/h3-14,19,22,27H,2,15-18,20-21H2,1H3/t27-/m0/s1. The summed E-state index contributed by atoms with van der Waals surface area (Å²) >= 11 is 6.39. The number of halogens is 1. The Morgan fingerprint density at radius 3 is 2.40 bits per heavy atom. The fourth-order valence-corrected chi connectivity index (χ4v) is 5.44. The number of aryl methyl sites for hydroxylation is 1. The number of hydrogen-bond acceptors (Lipinski definition) is 2. The molecule has 1 aromatic heterocycles. The smallest absolute Gasteiger partial charge is 0.223 e. The molecule has 4 aromatic rings. The molecular formula is C30H32ClN3O. The molecular weight excluding hydrogens is 454 g/mol. The average molecular weight is 486 g/mol. The zero-order valence-corrected chi connectivity index (χ0v) is 21.0. The zero-order valence-electron chi connectivity index (χ0n) is 20.2. The van der Waals surface area contributed by atoms with E-state index in [2.05, 4.69) is 77.2 Å². The monoisotopic (exact) mass is 485 g/mol. The van der Waals surface area contributed by atoms with Gasteiger partial charge in [-0.2, -0.15) is 0 Å². The molecule has 1 amide bonds. The number of hydrogen-bond donors (Lipinski definition) is 0. The molecule has 0 unspecified atom stereocenters. The maximum absolute atomic E-state index is 13.6. The van der Waals surface area contributed by atoms with E-state index >= 15 is 0 Å². The lowest BCUT2D eigenvalue weighted by atomic mass is 9.87. The number of fused-ring (bicyclic) bond motifs is 1. The SMILES string of the molecule is CCn1cc([C@@H](CC(=O)N2CCN(Cc3ccccc3)CC2)c2cccc(Cl)c2)c2ccccc21. The predicted molar refractivity (Wildman–Crippen MR) is 144 cm³/mol. The number of piperazine rings is 1. The van der Waals surface area contributed by atoms with Gasteiger partial charge in [-0.1, -0.05) is 72.3 Å². The molecule has 1 aliphatic rings. The molecule has 1 aliphatic heterocycles. The first kappa shape index (κ1) is 23.7. The van der Waals surface area contributed by atoms with Crippen LogP contribution in [0.2, 0.25) is 5.02 Å². The van der Waals surface area contributed by atoms with Crippen LogP contribution in [0.4, 0.5) is 0 Å².